The molecule has 0 saturated heterocycles. The molecule has 4 nitrogen and oxygen atoms in total. The standard InChI is InChI=1S/C24H22ClN3O/c1-14-10-12-16(13-11-14)28-24-21(15(2)27-28)22(17-6-3-4-7-18(17)25)23-19(26-24)8-5-9-20(23)29/h3-4,6-7,10-13,22,26H,5,8-9H2,1-2H3/t22-/m1/s1. The van der Waals surface area contributed by atoms with Crippen molar-refractivity contribution in [2.24, 2.45) is 0 Å². The molecule has 5 rings (SSSR count). The number of halogens is 1. The first-order valence-electron chi connectivity index (χ1n) is 9.99. The van der Waals surface area contributed by atoms with Gasteiger partial charge in [0.05, 0.1) is 11.4 Å². The van der Waals surface area contributed by atoms with Crippen LogP contribution in [0.3, 0.4) is 0 Å². The average Bonchev–Trinajstić information content (AvgIpc) is 3.04. The van der Waals surface area contributed by atoms with Crippen LogP contribution in [0.25, 0.3) is 5.69 Å². The van der Waals surface area contributed by atoms with Crippen LogP contribution < -0.4 is 5.32 Å². The SMILES string of the molecule is Cc1ccc(-n2nc(C)c3c2NC2=C(C(=O)CCC2)[C@@H]3c2ccccc2Cl)cc1. The molecule has 1 atom stereocenters. The highest BCUT2D eigenvalue weighted by molar-refractivity contribution is 6.31. The number of hydrogen-bond donors (Lipinski definition) is 1. The van der Waals surface area contributed by atoms with Crippen LogP contribution in [0.15, 0.2) is 59.8 Å². The summed E-state index contributed by atoms with van der Waals surface area (Å²) in [7, 11) is 0. The lowest BCUT2D eigenvalue weighted by molar-refractivity contribution is -0.116. The highest BCUT2D eigenvalue weighted by Gasteiger charge is 2.39. The van der Waals surface area contributed by atoms with Gasteiger partial charge in [-0.15, -0.1) is 0 Å². The Kier molecular flexibility index (Phi) is 4.32. The van der Waals surface area contributed by atoms with Crippen LogP contribution in [0.4, 0.5) is 5.82 Å². The minimum atomic E-state index is -0.193. The molecular formula is C24H22ClN3O. The number of aromatic nitrogens is 2. The molecule has 0 radical (unpaired) electrons. The molecular weight excluding hydrogens is 382 g/mol. The van der Waals surface area contributed by atoms with Gasteiger partial charge in [0.2, 0.25) is 0 Å². The maximum Gasteiger partial charge on any atom is 0.161 e. The fourth-order valence-corrected chi connectivity index (χ4v) is 4.76. The van der Waals surface area contributed by atoms with Crippen LogP contribution in [0.5, 0.6) is 0 Å². The molecule has 29 heavy (non-hydrogen) atoms. The van der Waals surface area contributed by atoms with E-state index in [0.29, 0.717) is 11.4 Å². The van der Waals surface area contributed by atoms with E-state index >= 15 is 0 Å². The van der Waals surface area contributed by atoms with E-state index in [9.17, 15) is 4.79 Å². The lowest BCUT2D eigenvalue weighted by Gasteiger charge is -2.33. The number of carbonyl (C=O) groups excluding carboxylic acids is 1. The normalized spacial score (nSPS) is 18.3. The van der Waals surface area contributed by atoms with E-state index in [1.807, 2.05) is 35.9 Å². The first-order valence-corrected chi connectivity index (χ1v) is 10.4. The van der Waals surface area contributed by atoms with Crippen LogP contribution in [-0.4, -0.2) is 15.6 Å². The molecule has 0 fully saturated rings. The van der Waals surface area contributed by atoms with Crippen molar-refractivity contribution in [2.75, 3.05) is 5.32 Å². The van der Waals surface area contributed by atoms with Crippen LogP contribution in [-0.2, 0) is 4.79 Å². The monoisotopic (exact) mass is 403 g/mol. The first-order chi connectivity index (χ1) is 14.0. The summed E-state index contributed by atoms with van der Waals surface area (Å²) in [4.78, 5) is 13.0. The fourth-order valence-electron chi connectivity index (χ4n) is 4.51. The second-order valence-electron chi connectivity index (χ2n) is 7.84. The predicted molar refractivity (Wildman–Crippen MR) is 116 cm³/mol. The van der Waals surface area contributed by atoms with Crippen molar-refractivity contribution in [1.82, 2.24) is 9.78 Å². The molecule has 1 aromatic heterocycles. The predicted octanol–water partition coefficient (Wildman–Crippen LogP) is 5.71. The third-order valence-electron chi connectivity index (χ3n) is 5.90. The smallest absolute Gasteiger partial charge is 0.161 e. The minimum Gasteiger partial charge on any atom is -0.343 e. The van der Waals surface area contributed by atoms with Crippen molar-refractivity contribution >= 4 is 23.2 Å². The van der Waals surface area contributed by atoms with E-state index in [4.69, 9.17) is 16.7 Å². The molecule has 2 aromatic carbocycles. The highest BCUT2D eigenvalue weighted by atomic mass is 35.5. The number of benzene rings is 2. The minimum absolute atomic E-state index is 0.193. The Morgan fingerprint density at radius 1 is 1.07 bits per heavy atom. The highest BCUT2D eigenvalue weighted by Crippen LogP contribution is 2.48. The molecule has 0 amide bonds. The number of aryl methyl sites for hydroxylation is 2. The zero-order chi connectivity index (χ0) is 20.1. The summed E-state index contributed by atoms with van der Waals surface area (Å²) in [5.41, 5.74) is 6.96. The number of fused-ring (bicyclic) bond motifs is 1. The molecule has 3 aromatic rings. The molecule has 5 heteroatoms. The Morgan fingerprint density at radius 2 is 1.83 bits per heavy atom. The van der Waals surface area contributed by atoms with E-state index in [0.717, 1.165) is 52.4 Å². The van der Waals surface area contributed by atoms with E-state index in [1.165, 1.54) is 5.56 Å². The summed E-state index contributed by atoms with van der Waals surface area (Å²) < 4.78 is 1.96. The fraction of sp³-hybridized carbons (Fsp3) is 0.250. The van der Waals surface area contributed by atoms with Crippen LogP contribution in [0.1, 0.15) is 47.6 Å². The zero-order valence-electron chi connectivity index (χ0n) is 16.5. The maximum absolute atomic E-state index is 13.0. The second kappa shape index (κ2) is 6.89. The summed E-state index contributed by atoms with van der Waals surface area (Å²) in [5.74, 6) is 0.948. The maximum atomic E-state index is 13.0. The van der Waals surface area contributed by atoms with Gasteiger partial charge in [0.15, 0.2) is 5.78 Å². The van der Waals surface area contributed by atoms with Crippen LogP contribution >= 0.6 is 11.6 Å². The molecule has 2 heterocycles. The van der Waals surface area contributed by atoms with Crippen molar-refractivity contribution in [1.29, 1.82) is 0 Å². The van der Waals surface area contributed by atoms with E-state index in [2.05, 4.69) is 36.5 Å². The lowest BCUT2D eigenvalue weighted by atomic mass is 9.76. The number of Topliss-reactive ketones (excluding diaryl/α,β-unsaturated/α-hetero) is 1. The summed E-state index contributed by atoms with van der Waals surface area (Å²) in [6, 6.07) is 16.1. The Bertz CT molecular complexity index is 1160. The number of anilines is 1. The van der Waals surface area contributed by atoms with Crippen molar-refractivity contribution < 1.29 is 4.79 Å². The van der Waals surface area contributed by atoms with Crippen molar-refractivity contribution in [3.63, 3.8) is 0 Å². The third-order valence-corrected chi connectivity index (χ3v) is 6.25. The number of ketones is 1. The molecule has 2 aliphatic rings. The van der Waals surface area contributed by atoms with Crippen molar-refractivity contribution in [3.05, 3.63) is 87.2 Å². The number of carbonyl (C=O) groups is 1. The topological polar surface area (TPSA) is 46.9 Å². The van der Waals surface area contributed by atoms with Crippen molar-refractivity contribution in [3.8, 4) is 5.69 Å². The van der Waals surface area contributed by atoms with E-state index < -0.39 is 0 Å². The van der Waals surface area contributed by atoms with Crippen LogP contribution in [0, 0.1) is 13.8 Å². The average molecular weight is 404 g/mol. The van der Waals surface area contributed by atoms with Gasteiger partial charge in [-0.1, -0.05) is 47.5 Å². The zero-order valence-corrected chi connectivity index (χ0v) is 17.3. The summed E-state index contributed by atoms with van der Waals surface area (Å²) in [6.45, 7) is 4.08. The lowest BCUT2D eigenvalue weighted by Crippen LogP contribution is -2.27. The van der Waals surface area contributed by atoms with Crippen LogP contribution in [0.2, 0.25) is 5.02 Å². The summed E-state index contributed by atoms with van der Waals surface area (Å²) >= 11 is 6.62. The molecule has 1 aliphatic heterocycles. The van der Waals surface area contributed by atoms with Gasteiger partial charge in [-0.25, -0.2) is 4.68 Å². The molecule has 1 aliphatic carbocycles. The van der Waals surface area contributed by atoms with E-state index in [-0.39, 0.29) is 11.7 Å². The number of nitrogens with one attached hydrogen (secondary N) is 1. The number of hydrogen-bond acceptors (Lipinski definition) is 3. The molecule has 0 spiro atoms. The summed E-state index contributed by atoms with van der Waals surface area (Å²) in [5, 5.41) is 9.10. The van der Waals surface area contributed by atoms with Gasteiger partial charge in [-0.05, 0) is 50.5 Å². The van der Waals surface area contributed by atoms with Gasteiger partial charge >= 0.3 is 0 Å². The van der Waals surface area contributed by atoms with Crippen molar-refractivity contribution in [2.45, 2.75) is 39.0 Å². The Labute approximate surface area is 175 Å². The van der Waals surface area contributed by atoms with Gasteiger partial charge in [-0.3, -0.25) is 4.79 Å². The number of rotatable bonds is 2. The first kappa shape index (κ1) is 18.2. The third kappa shape index (κ3) is 2.90. The Hall–Kier alpha value is -2.85. The number of allylic oxidation sites excluding steroid dienone is 2. The van der Waals surface area contributed by atoms with Gasteiger partial charge in [0.25, 0.3) is 0 Å². The largest absolute Gasteiger partial charge is 0.343 e. The summed E-state index contributed by atoms with van der Waals surface area (Å²) in [6.07, 6.45) is 2.31. The second-order valence-corrected chi connectivity index (χ2v) is 8.25. The molecule has 0 bridgehead atoms. The van der Waals surface area contributed by atoms with Gasteiger partial charge in [0, 0.05) is 34.2 Å². The Morgan fingerprint density at radius 3 is 2.59 bits per heavy atom. The van der Waals surface area contributed by atoms with E-state index in [1.54, 1.807) is 0 Å². The molecule has 0 saturated carbocycles. The number of nitrogens with zero attached hydrogens (tertiary/aromatic N) is 2. The Balaban J connectivity index is 1.76. The van der Waals surface area contributed by atoms with Gasteiger partial charge in [0.1, 0.15) is 5.82 Å². The van der Waals surface area contributed by atoms with Gasteiger partial charge in [-0.2, -0.15) is 5.10 Å². The molecule has 1 N–H and O–H groups in total. The van der Waals surface area contributed by atoms with Gasteiger partial charge < -0.3 is 5.32 Å². The molecule has 0 unspecified atom stereocenters. The quantitative estimate of drug-likeness (QED) is 0.596. The molecule has 146 valence electrons.